The van der Waals surface area contributed by atoms with Gasteiger partial charge < -0.3 is 15.2 Å². The summed E-state index contributed by atoms with van der Waals surface area (Å²) >= 11 is 0. The lowest BCUT2D eigenvalue weighted by atomic mass is 9.72. The van der Waals surface area contributed by atoms with E-state index in [9.17, 15) is 4.79 Å². The first kappa shape index (κ1) is 10.5. The summed E-state index contributed by atoms with van der Waals surface area (Å²) in [5, 5.41) is 0. The molecule has 1 aliphatic carbocycles. The van der Waals surface area contributed by atoms with Crippen molar-refractivity contribution >= 4 is 5.97 Å². The van der Waals surface area contributed by atoms with Gasteiger partial charge in [0.1, 0.15) is 0 Å². The van der Waals surface area contributed by atoms with E-state index < -0.39 is 5.54 Å². The largest absolute Gasteiger partial charge is 0.466 e. The first-order chi connectivity index (χ1) is 6.12. The highest BCUT2D eigenvalue weighted by atomic mass is 16.5. The third-order valence-corrected chi connectivity index (χ3v) is 2.58. The number of carbonyl (C=O) groups is 1. The molecule has 0 heterocycles. The Hall–Kier alpha value is -0.610. The number of nitrogens with two attached hydrogens (primary N) is 1. The molecule has 76 valence electrons. The van der Waals surface area contributed by atoms with Crippen LogP contribution < -0.4 is 5.73 Å². The number of ether oxygens (including phenoxy) is 2. The topological polar surface area (TPSA) is 61.5 Å². The molecule has 0 aromatic heterocycles. The zero-order valence-electron chi connectivity index (χ0n) is 8.21. The lowest BCUT2D eigenvalue weighted by molar-refractivity contribution is -0.148. The zero-order valence-corrected chi connectivity index (χ0v) is 8.21. The molecule has 0 aliphatic heterocycles. The van der Waals surface area contributed by atoms with E-state index in [-0.39, 0.29) is 18.5 Å². The van der Waals surface area contributed by atoms with Crippen molar-refractivity contribution in [2.75, 3.05) is 13.7 Å². The molecule has 0 spiro atoms. The minimum Gasteiger partial charge on any atom is -0.466 e. The van der Waals surface area contributed by atoms with Crippen molar-refractivity contribution in [3.8, 4) is 0 Å². The smallest absolute Gasteiger partial charge is 0.307 e. The Bertz CT molecular complexity index is 193. The maximum Gasteiger partial charge on any atom is 0.307 e. The van der Waals surface area contributed by atoms with E-state index in [4.69, 9.17) is 15.2 Å². The first-order valence-electron chi connectivity index (χ1n) is 4.59. The Morgan fingerprint density at radius 2 is 2.38 bits per heavy atom. The van der Waals surface area contributed by atoms with Crippen LogP contribution in [-0.4, -0.2) is 31.3 Å². The fourth-order valence-corrected chi connectivity index (χ4v) is 1.67. The Morgan fingerprint density at radius 3 is 2.77 bits per heavy atom. The van der Waals surface area contributed by atoms with Gasteiger partial charge >= 0.3 is 5.97 Å². The molecule has 2 atom stereocenters. The lowest BCUT2D eigenvalue weighted by Gasteiger charge is -2.44. The molecule has 1 aliphatic rings. The van der Waals surface area contributed by atoms with E-state index in [1.807, 2.05) is 0 Å². The molecule has 4 heteroatoms. The van der Waals surface area contributed by atoms with Gasteiger partial charge in [0.2, 0.25) is 0 Å². The van der Waals surface area contributed by atoms with E-state index >= 15 is 0 Å². The van der Waals surface area contributed by atoms with Crippen molar-refractivity contribution in [2.45, 2.75) is 37.8 Å². The van der Waals surface area contributed by atoms with Gasteiger partial charge in [0.15, 0.2) is 0 Å². The molecule has 0 radical (unpaired) electrons. The molecule has 2 N–H and O–H groups in total. The Kier molecular flexibility index (Phi) is 3.27. The normalized spacial score (nSPS) is 32.4. The van der Waals surface area contributed by atoms with Gasteiger partial charge in [0.25, 0.3) is 0 Å². The standard InChI is InChI=1S/C9H17NO3/c1-3-13-8(11)6-9(10)5-4-7(9)12-2/h7H,3-6,10H2,1-2H3. The lowest BCUT2D eigenvalue weighted by Crippen LogP contribution is -2.60. The minimum atomic E-state index is -0.485. The molecule has 2 unspecified atom stereocenters. The summed E-state index contributed by atoms with van der Waals surface area (Å²) in [4.78, 5) is 11.2. The van der Waals surface area contributed by atoms with Crippen LogP contribution in [-0.2, 0) is 14.3 Å². The van der Waals surface area contributed by atoms with Crippen LogP contribution in [0, 0.1) is 0 Å². The highest BCUT2D eigenvalue weighted by Gasteiger charge is 2.45. The maximum absolute atomic E-state index is 11.2. The van der Waals surface area contributed by atoms with E-state index in [0.29, 0.717) is 6.61 Å². The zero-order chi connectivity index (χ0) is 9.90. The van der Waals surface area contributed by atoms with Crippen LogP contribution in [0.1, 0.15) is 26.2 Å². The Balaban J connectivity index is 2.38. The van der Waals surface area contributed by atoms with Crippen LogP contribution in [0.25, 0.3) is 0 Å². The molecular formula is C9H17NO3. The van der Waals surface area contributed by atoms with Crippen molar-refractivity contribution in [3.63, 3.8) is 0 Å². The second-order valence-corrected chi connectivity index (χ2v) is 3.48. The molecule has 1 saturated carbocycles. The van der Waals surface area contributed by atoms with Crippen molar-refractivity contribution in [1.29, 1.82) is 0 Å². The van der Waals surface area contributed by atoms with Gasteiger partial charge in [-0.15, -0.1) is 0 Å². The second-order valence-electron chi connectivity index (χ2n) is 3.48. The summed E-state index contributed by atoms with van der Waals surface area (Å²) in [7, 11) is 1.62. The molecule has 1 rings (SSSR count). The number of hydrogen-bond acceptors (Lipinski definition) is 4. The summed E-state index contributed by atoms with van der Waals surface area (Å²) in [6, 6.07) is 0. The van der Waals surface area contributed by atoms with E-state index in [0.717, 1.165) is 12.8 Å². The molecule has 0 aromatic carbocycles. The van der Waals surface area contributed by atoms with Gasteiger partial charge in [-0.1, -0.05) is 0 Å². The fraction of sp³-hybridized carbons (Fsp3) is 0.889. The number of hydrogen-bond donors (Lipinski definition) is 1. The third kappa shape index (κ3) is 2.19. The number of methoxy groups -OCH3 is 1. The van der Waals surface area contributed by atoms with E-state index in [1.165, 1.54) is 0 Å². The number of rotatable bonds is 4. The predicted molar refractivity (Wildman–Crippen MR) is 48.2 cm³/mol. The van der Waals surface area contributed by atoms with Gasteiger partial charge in [0, 0.05) is 7.11 Å². The fourth-order valence-electron chi connectivity index (χ4n) is 1.67. The van der Waals surface area contributed by atoms with Gasteiger partial charge in [0.05, 0.1) is 24.7 Å². The third-order valence-electron chi connectivity index (χ3n) is 2.58. The van der Waals surface area contributed by atoms with Crippen LogP contribution in [0.3, 0.4) is 0 Å². The SMILES string of the molecule is CCOC(=O)CC1(N)CCC1OC. The highest BCUT2D eigenvalue weighted by molar-refractivity contribution is 5.71. The van der Waals surface area contributed by atoms with E-state index in [2.05, 4.69) is 0 Å². The van der Waals surface area contributed by atoms with Gasteiger partial charge in [-0.05, 0) is 19.8 Å². The van der Waals surface area contributed by atoms with Crippen LogP contribution in [0.5, 0.6) is 0 Å². The molecule has 1 fully saturated rings. The Morgan fingerprint density at radius 1 is 1.69 bits per heavy atom. The summed E-state index contributed by atoms with van der Waals surface area (Å²) in [5.41, 5.74) is 5.48. The van der Waals surface area contributed by atoms with Crippen LogP contribution >= 0.6 is 0 Å². The first-order valence-corrected chi connectivity index (χ1v) is 4.59. The van der Waals surface area contributed by atoms with Crippen LogP contribution in [0.2, 0.25) is 0 Å². The summed E-state index contributed by atoms with van der Waals surface area (Å²) in [6.45, 7) is 2.20. The van der Waals surface area contributed by atoms with Crippen LogP contribution in [0.4, 0.5) is 0 Å². The molecule has 13 heavy (non-hydrogen) atoms. The second kappa shape index (κ2) is 4.07. The quantitative estimate of drug-likeness (QED) is 0.649. The molecule has 0 saturated heterocycles. The van der Waals surface area contributed by atoms with Crippen molar-refractivity contribution in [3.05, 3.63) is 0 Å². The number of esters is 1. The van der Waals surface area contributed by atoms with Gasteiger partial charge in [-0.2, -0.15) is 0 Å². The minimum absolute atomic E-state index is 0.0110. The molecule has 4 nitrogen and oxygen atoms in total. The predicted octanol–water partition coefficient (Wildman–Crippen LogP) is 0.446. The average molecular weight is 187 g/mol. The molecular weight excluding hydrogens is 170 g/mol. The monoisotopic (exact) mass is 187 g/mol. The van der Waals surface area contributed by atoms with Crippen molar-refractivity contribution < 1.29 is 14.3 Å². The number of carbonyl (C=O) groups excluding carboxylic acids is 1. The maximum atomic E-state index is 11.2. The average Bonchev–Trinajstić information content (AvgIpc) is 2.03. The van der Waals surface area contributed by atoms with Gasteiger partial charge in [-0.3, -0.25) is 4.79 Å². The Labute approximate surface area is 78.4 Å². The summed E-state index contributed by atoms with van der Waals surface area (Å²) < 4.78 is 9.98. The van der Waals surface area contributed by atoms with Gasteiger partial charge in [-0.25, -0.2) is 0 Å². The van der Waals surface area contributed by atoms with E-state index in [1.54, 1.807) is 14.0 Å². The van der Waals surface area contributed by atoms with Crippen molar-refractivity contribution in [1.82, 2.24) is 0 Å². The van der Waals surface area contributed by atoms with Crippen LogP contribution in [0.15, 0.2) is 0 Å². The molecule has 0 aromatic rings. The van der Waals surface area contributed by atoms with Crippen molar-refractivity contribution in [2.24, 2.45) is 5.73 Å². The molecule has 0 bridgehead atoms. The molecule has 0 amide bonds. The summed E-state index contributed by atoms with van der Waals surface area (Å²) in [6.07, 6.45) is 2.05. The highest BCUT2D eigenvalue weighted by Crippen LogP contribution is 2.35. The summed E-state index contributed by atoms with van der Waals surface area (Å²) in [5.74, 6) is -0.230.